The van der Waals surface area contributed by atoms with Crippen LogP contribution >= 0.6 is 11.6 Å². The van der Waals surface area contributed by atoms with Crippen LogP contribution in [-0.2, 0) is 4.79 Å². The van der Waals surface area contributed by atoms with Crippen molar-refractivity contribution in [1.82, 2.24) is 5.32 Å². The number of nitrogens with one attached hydrogen (secondary N) is 1. The fourth-order valence-electron chi connectivity index (χ4n) is 1.71. The van der Waals surface area contributed by atoms with Gasteiger partial charge in [-0.15, -0.1) is 0 Å². The fraction of sp³-hybridized carbons (Fsp3) is 0.417. The number of amides is 1. The van der Waals surface area contributed by atoms with E-state index in [1.54, 1.807) is 19.2 Å². The molecule has 0 fully saturated rings. The van der Waals surface area contributed by atoms with Gasteiger partial charge >= 0.3 is 0 Å². The van der Waals surface area contributed by atoms with Crippen molar-refractivity contribution in [3.8, 4) is 0 Å². The molecule has 1 atom stereocenters. The van der Waals surface area contributed by atoms with Crippen LogP contribution in [0.25, 0.3) is 0 Å². The second-order valence-corrected chi connectivity index (χ2v) is 4.54. The Morgan fingerprint density at radius 1 is 1.59 bits per heavy atom. The molecule has 3 N–H and O–H groups in total. The number of benzene rings is 1. The van der Waals surface area contributed by atoms with Gasteiger partial charge in [0, 0.05) is 25.7 Å². The topological polar surface area (TPSA) is 58.4 Å². The zero-order valence-electron chi connectivity index (χ0n) is 10.3. The Bertz CT molecular complexity index is 409. The van der Waals surface area contributed by atoms with Crippen molar-refractivity contribution >= 4 is 28.9 Å². The third kappa shape index (κ3) is 3.53. The molecule has 1 aromatic rings. The van der Waals surface area contributed by atoms with E-state index >= 15 is 0 Å². The first-order valence-electron chi connectivity index (χ1n) is 5.43. The smallest absolute Gasteiger partial charge is 0.224 e. The summed E-state index contributed by atoms with van der Waals surface area (Å²) >= 11 is 5.84. The number of hydrogen-bond acceptors (Lipinski definition) is 3. The Labute approximate surface area is 107 Å². The molecule has 0 saturated carbocycles. The molecule has 0 aliphatic heterocycles. The van der Waals surface area contributed by atoms with Crippen LogP contribution in [0.15, 0.2) is 18.2 Å². The third-order valence-electron chi connectivity index (χ3n) is 2.64. The normalized spacial score (nSPS) is 12.0. The summed E-state index contributed by atoms with van der Waals surface area (Å²) in [5, 5.41) is 3.24. The van der Waals surface area contributed by atoms with Gasteiger partial charge in [-0.1, -0.05) is 18.5 Å². The standard InChI is InChI=1S/C12H18ClN3O/c1-8(12(17)15-2)7-16(3)11-5-4-9(13)6-10(11)14/h4-6,8H,7,14H2,1-3H3,(H,15,17). The fourth-order valence-corrected chi connectivity index (χ4v) is 1.89. The van der Waals surface area contributed by atoms with E-state index in [4.69, 9.17) is 17.3 Å². The summed E-state index contributed by atoms with van der Waals surface area (Å²) in [6.07, 6.45) is 0. The third-order valence-corrected chi connectivity index (χ3v) is 2.88. The number of nitrogens with two attached hydrogens (primary N) is 1. The minimum absolute atomic E-state index is 0.0179. The maximum atomic E-state index is 11.4. The van der Waals surface area contributed by atoms with Crippen LogP contribution in [-0.4, -0.2) is 26.5 Å². The van der Waals surface area contributed by atoms with E-state index in [9.17, 15) is 4.79 Å². The van der Waals surface area contributed by atoms with Crippen LogP contribution < -0.4 is 16.0 Å². The van der Waals surface area contributed by atoms with Crippen LogP contribution in [0.2, 0.25) is 5.02 Å². The molecule has 0 bridgehead atoms. The molecule has 17 heavy (non-hydrogen) atoms. The van der Waals surface area contributed by atoms with Crippen LogP contribution in [0, 0.1) is 5.92 Å². The summed E-state index contributed by atoms with van der Waals surface area (Å²) < 4.78 is 0. The summed E-state index contributed by atoms with van der Waals surface area (Å²) in [7, 11) is 3.54. The highest BCUT2D eigenvalue weighted by Crippen LogP contribution is 2.26. The summed E-state index contributed by atoms with van der Waals surface area (Å²) in [4.78, 5) is 13.4. The molecule has 0 aliphatic carbocycles. The average molecular weight is 256 g/mol. The molecule has 0 saturated heterocycles. The zero-order chi connectivity index (χ0) is 13.0. The van der Waals surface area contributed by atoms with Gasteiger partial charge < -0.3 is 16.0 Å². The van der Waals surface area contributed by atoms with E-state index in [2.05, 4.69) is 5.32 Å². The van der Waals surface area contributed by atoms with E-state index in [1.165, 1.54) is 0 Å². The van der Waals surface area contributed by atoms with Gasteiger partial charge in [-0.25, -0.2) is 0 Å². The average Bonchev–Trinajstić information content (AvgIpc) is 2.27. The maximum absolute atomic E-state index is 11.4. The van der Waals surface area contributed by atoms with Crippen molar-refractivity contribution in [2.75, 3.05) is 31.3 Å². The number of rotatable bonds is 4. The van der Waals surface area contributed by atoms with Gasteiger partial charge in [0.25, 0.3) is 0 Å². The Kier molecular flexibility index (Phi) is 4.63. The van der Waals surface area contributed by atoms with Crippen LogP contribution in [0.3, 0.4) is 0 Å². The number of carbonyl (C=O) groups is 1. The van der Waals surface area contributed by atoms with Crippen molar-refractivity contribution in [2.45, 2.75) is 6.92 Å². The number of hydrogen-bond donors (Lipinski definition) is 2. The number of carbonyl (C=O) groups excluding carboxylic acids is 1. The SMILES string of the molecule is CNC(=O)C(C)CN(C)c1ccc(Cl)cc1N. The Balaban J connectivity index is 2.76. The van der Waals surface area contributed by atoms with Crippen LogP contribution in [0.5, 0.6) is 0 Å². The molecule has 0 radical (unpaired) electrons. The van der Waals surface area contributed by atoms with Crippen molar-refractivity contribution in [3.05, 3.63) is 23.2 Å². The highest BCUT2D eigenvalue weighted by atomic mass is 35.5. The Hall–Kier alpha value is -1.42. The van der Waals surface area contributed by atoms with Crippen molar-refractivity contribution in [2.24, 2.45) is 5.92 Å². The lowest BCUT2D eigenvalue weighted by atomic mass is 10.1. The maximum Gasteiger partial charge on any atom is 0.224 e. The number of nitrogen functional groups attached to an aromatic ring is 1. The molecule has 0 aliphatic rings. The molecule has 0 heterocycles. The van der Waals surface area contributed by atoms with E-state index in [1.807, 2.05) is 24.9 Å². The van der Waals surface area contributed by atoms with E-state index in [0.717, 1.165) is 5.69 Å². The summed E-state index contributed by atoms with van der Waals surface area (Å²) in [5.41, 5.74) is 7.37. The summed E-state index contributed by atoms with van der Waals surface area (Å²) in [5.74, 6) is -0.0792. The van der Waals surface area contributed by atoms with E-state index in [-0.39, 0.29) is 11.8 Å². The Morgan fingerprint density at radius 2 is 2.24 bits per heavy atom. The lowest BCUT2D eigenvalue weighted by molar-refractivity contribution is -0.123. The molecule has 1 amide bonds. The quantitative estimate of drug-likeness (QED) is 0.806. The predicted molar refractivity (Wildman–Crippen MR) is 72.4 cm³/mol. The van der Waals surface area contributed by atoms with Gasteiger partial charge in [-0.3, -0.25) is 4.79 Å². The highest BCUT2D eigenvalue weighted by Gasteiger charge is 2.15. The molecule has 1 aromatic carbocycles. The molecular weight excluding hydrogens is 238 g/mol. The van der Waals surface area contributed by atoms with Crippen molar-refractivity contribution < 1.29 is 4.79 Å². The summed E-state index contributed by atoms with van der Waals surface area (Å²) in [6, 6.07) is 5.35. The van der Waals surface area contributed by atoms with Crippen LogP contribution in [0.1, 0.15) is 6.92 Å². The number of nitrogens with zero attached hydrogens (tertiary/aromatic N) is 1. The van der Waals surface area contributed by atoms with Gasteiger partial charge in [0.05, 0.1) is 17.3 Å². The highest BCUT2D eigenvalue weighted by molar-refractivity contribution is 6.31. The molecule has 94 valence electrons. The second-order valence-electron chi connectivity index (χ2n) is 4.10. The van der Waals surface area contributed by atoms with E-state index < -0.39 is 0 Å². The van der Waals surface area contributed by atoms with Gasteiger partial charge in [0.2, 0.25) is 5.91 Å². The van der Waals surface area contributed by atoms with Gasteiger partial charge in [0.1, 0.15) is 0 Å². The lowest BCUT2D eigenvalue weighted by Gasteiger charge is -2.24. The van der Waals surface area contributed by atoms with Gasteiger partial charge in [-0.2, -0.15) is 0 Å². The van der Waals surface area contributed by atoms with Crippen molar-refractivity contribution in [1.29, 1.82) is 0 Å². The lowest BCUT2D eigenvalue weighted by Crippen LogP contribution is -2.34. The molecule has 1 unspecified atom stereocenters. The van der Waals surface area contributed by atoms with Gasteiger partial charge in [-0.05, 0) is 18.2 Å². The van der Waals surface area contributed by atoms with Crippen LogP contribution in [0.4, 0.5) is 11.4 Å². The molecule has 0 aromatic heterocycles. The minimum atomic E-state index is -0.0971. The van der Waals surface area contributed by atoms with Crippen molar-refractivity contribution in [3.63, 3.8) is 0 Å². The van der Waals surface area contributed by atoms with Gasteiger partial charge in [0.15, 0.2) is 0 Å². The number of anilines is 2. The predicted octanol–water partition coefficient (Wildman–Crippen LogP) is 1.74. The van der Waals surface area contributed by atoms with E-state index in [0.29, 0.717) is 17.3 Å². The minimum Gasteiger partial charge on any atom is -0.397 e. The first kappa shape index (κ1) is 13.6. The summed E-state index contributed by atoms with van der Waals surface area (Å²) in [6.45, 7) is 2.48. The molecule has 4 nitrogen and oxygen atoms in total. The molecule has 5 heteroatoms. The molecular formula is C12H18ClN3O. The Morgan fingerprint density at radius 3 is 2.76 bits per heavy atom. The first-order valence-corrected chi connectivity index (χ1v) is 5.81. The largest absolute Gasteiger partial charge is 0.397 e. The first-order chi connectivity index (χ1) is 7.95. The zero-order valence-corrected chi connectivity index (χ0v) is 11.1. The molecule has 0 spiro atoms. The monoisotopic (exact) mass is 255 g/mol. The number of halogens is 1. The molecule has 1 rings (SSSR count). The second kappa shape index (κ2) is 5.77.